The van der Waals surface area contributed by atoms with Crippen LogP contribution in [0.3, 0.4) is 0 Å². The number of aryl methyl sites for hydroxylation is 1. The van der Waals surface area contributed by atoms with Crippen molar-refractivity contribution < 1.29 is 5.11 Å². The van der Waals surface area contributed by atoms with Crippen molar-refractivity contribution in [2.75, 3.05) is 0 Å². The van der Waals surface area contributed by atoms with Crippen molar-refractivity contribution in [3.63, 3.8) is 0 Å². The van der Waals surface area contributed by atoms with E-state index in [0.717, 1.165) is 16.5 Å². The number of fused-ring (bicyclic) bond motifs is 1. The van der Waals surface area contributed by atoms with Gasteiger partial charge in [0.25, 0.3) is 0 Å². The lowest BCUT2D eigenvalue weighted by Gasteiger charge is -1.98. The number of hydrogen-bond donors (Lipinski definition) is 2. The third-order valence-electron chi connectivity index (χ3n) is 3.10. The molecular weight excluding hydrogens is 309 g/mol. The van der Waals surface area contributed by atoms with Crippen LogP contribution >= 0.6 is 23.2 Å². The zero-order valence-corrected chi connectivity index (χ0v) is 12.6. The Hall–Kier alpha value is -2.04. The summed E-state index contributed by atoms with van der Waals surface area (Å²) >= 11 is 12.0. The Morgan fingerprint density at radius 1 is 1.10 bits per heavy atom. The Kier molecular flexibility index (Phi) is 3.57. The molecule has 1 heterocycles. The molecular formula is C15H11Cl2N3O. The van der Waals surface area contributed by atoms with Crippen LogP contribution < -0.4 is 0 Å². The molecule has 0 amide bonds. The van der Waals surface area contributed by atoms with Gasteiger partial charge in [0.05, 0.1) is 15.6 Å². The third kappa shape index (κ3) is 2.60. The SMILES string of the molecule is Cc1ccc2[nH]c(O)c(N=Nc3cccc(Cl)c3Cl)c2c1. The van der Waals surface area contributed by atoms with E-state index in [1.54, 1.807) is 18.2 Å². The number of rotatable bonds is 2. The van der Waals surface area contributed by atoms with Gasteiger partial charge in [-0.05, 0) is 31.2 Å². The van der Waals surface area contributed by atoms with Gasteiger partial charge in [0.2, 0.25) is 5.88 Å². The molecule has 21 heavy (non-hydrogen) atoms. The molecule has 2 aromatic carbocycles. The Labute approximate surface area is 131 Å². The summed E-state index contributed by atoms with van der Waals surface area (Å²) in [7, 11) is 0. The summed E-state index contributed by atoms with van der Waals surface area (Å²) in [6.45, 7) is 1.97. The normalized spacial score (nSPS) is 11.6. The van der Waals surface area contributed by atoms with Gasteiger partial charge < -0.3 is 10.1 Å². The molecule has 0 saturated heterocycles. The third-order valence-corrected chi connectivity index (χ3v) is 3.91. The van der Waals surface area contributed by atoms with Gasteiger partial charge in [0.15, 0.2) is 5.69 Å². The first kappa shape index (κ1) is 13.9. The standard InChI is InChI=1S/C15H11Cl2N3O/c1-8-5-6-11-9(7-8)14(15(21)18-11)20-19-12-4-2-3-10(16)13(12)17/h2-7,18,21H,1H3. The molecule has 0 unspecified atom stereocenters. The number of azo groups is 1. The van der Waals surface area contributed by atoms with E-state index in [1.807, 2.05) is 25.1 Å². The number of aromatic amines is 1. The summed E-state index contributed by atoms with van der Waals surface area (Å²) in [5, 5.41) is 19.7. The highest BCUT2D eigenvalue weighted by molar-refractivity contribution is 6.43. The fourth-order valence-electron chi connectivity index (χ4n) is 2.05. The van der Waals surface area contributed by atoms with Crippen molar-refractivity contribution in [2.24, 2.45) is 10.2 Å². The topological polar surface area (TPSA) is 60.7 Å². The molecule has 6 heteroatoms. The number of hydrogen-bond acceptors (Lipinski definition) is 3. The predicted molar refractivity (Wildman–Crippen MR) is 85.3 cm³/mol. The van der Waals surface area contributed by atoms with E-state index < -0.39 is 0 Å². The highest BCUT2D eigenvalue weighted by atomic mass is 35.5. The quantitative estimate of drug-likeness (QED) is 0.567. The lowest BCUT2D eigenvalue weighted by atomic mass is 10.2. The Morgan fingerprint density at radius 3 is 2.71 bits per heavy atom. The monoisotopic (exact) mass is 319 g/mol. The minimum Gasteiger partial charge on any atom is -0.493 e. The molecule has 2 N–H and O–H groups in total. The number of nitrogens with zero attached hydrogens (tertiary/aromatic N) is 2. The molecule has 0 fully saturated rings. The first-order valence-corrected chi connectivity index (χ1v) is 6.99. The molecule has 0 radical (unpaired) electrons. The molecule has 0 aliphatic rings. The van der Waals surface area contributed by atoms with Crippen molar-refractivity contribution >= 4 is 45.5 Å². The van der Waals surface area contributed by atoms with Crippen molar-refractivity contribution in [3.8, 4) is 5.88 Å². The van der Waals surface area contributed by atoms with Crippen LogP contribution in [0, 0.1) is 6.92 Å². The molecule has 0 spiro atoms. The van der Waals surface area contributed by atoms with Crippen LogP contribution in [0.5, 0.6) is 5.88 Å². The number of nitrogens with one attached hydrogen (secondary N) is 1. The molecule has 106 valence electrons. The van der Waals surface area contributed by atoms with Crippen LogP contribution in [0.25, 0.3) is 10.9 Å². The van der Waals surface area contributed by atoms with Crippen LogP contribution in [0.1, 0.15) is 5.56 Å². The van der Waals surface area contributed by atoms with E-state index in [4.69, 9.17) is 23.2 Å². The van der Waals surface area contributed by atoms with Gasteiger partial charge in [-0.25, -0.2) is 0 Å². The van der Waals surface area contributed by atoms with Crippen LogP contribution in [-0.4, -0.2) is 10.1 Å². The van der Waals surface area contributed by atoms with E-state index in [-0.39, 0.29) is 5.88 Å². The van der Waals surface area contributed by atoms with Crippen molar-refractivity contribution in [2.45, 2.75) is 6.92 Å². The van der Waals surface area contributed by atoms with E-state index in [9.17, 15) is 5.11 Å². The highest BCUT2D eigenvalue weighted by Gasteiger charge is 2.11. The van der Waals surface area contributed by atoms with Crippen LogP contribution in [0.4, 0.5) is 11.4 Å². The Bertz CT molecular complexity index is 855. The summed E-state index contributed by atoms with van der Waals surface area (Å²) in [6, 6.07) is 10.9. The second-order valence-corrected chi connectivity index (χ2v) is 5.43. The molecule has 0 saturated carbocycles. The number of aromatic nitrogens is 1. The second kappa shape index (κ2) is 5.39. The molecule has 4 nitrogen and oxygen atoms in total. The Balaban J connectivity index is 2.09. The maximum absolute atomic E-state index is 9.96. The van der Waals surface area contributed by atoms with Gasteiger partial charge in [-0.15, -0.1) is 10.2 Å². The van der Waals surface area contributed by atoms with Crippen LogP contribution in [0.2, 0.25) is 10.0 Å². The van der Waals surface area contributed by atoms with Gasteiger partial charge in [-0.3, -0.25) is 0 Å². The molecule has 0 atom stereocenters. The highest BCUT2D eigenvalue weighted by Crippen LogP contribution is 2.38. The minimum atomic E-state index is -0.0301. The maximum Gasteiger partial charge on any atom is 0.218 e. The summed E-state index contributed by atoms with van der Waals surface area (Å²) in [4.78, 5) is 2.86. The molecule has 1 aromatic heterocycles. The predicted octanol–water partition coefficient (Wildman–Crippen LogP) is 5.90. The fraction of sp³-hybridized carbons (Fsp3) is 0.0667. The first-order chi connectivity index (χ1) is 10.1. The van der Waals surface area contributed by atoms with Gasteiger partial charge in [0.1, 0.15) is 5.69 Å². The van der Waals surface area contributed by atoms with Gasteiger partial charge in [-0.1, -0.05) is 40.9 Å². The van der Waals surface area contributed by atoms with E-state index in [2.05, 4.69) is 15.2 Å². The smallest absolute Gasteiger partial charge is 0.218 e. The Morgan fingerprint density at radius 2 is 1.90 bits per heavy atom. The molecule has 0 aliphatic carbocycles. The lowest BCUT2D eigenvalue weighted by molar-refractivity contribution is 0.459. The first-order valence-electron chi connectivity index (χ1n) is 6.23. The van der Waals surface area contributed by atoms with E-state index in [1.165, 1.54) is 0 Å². The van der Waals surface area contributed by atoms with E-state index in [0.29, 0.717) is 21.4 Å². The van der Waals surface area contributed by atoms with Crippen molar-refractivity contribution in [1.29, 1.82) is 0 Å². The molecule has 3 rings (SSSR count). The summed E-state index contributed by atoms with van der Waals surface area (Å²) in [5.74, 6) is -0.0301. The van der Waals surface area contributed by atoms with Crippen molar-refractivity contribution in [3.05, 3.63) is 52.0 Å². The minimum absolute atomic E-state index is 0.0301. The van der Waals surface area contributed by atoms with E-state index >= 15 is 0 Å². The average Bonchev–Trinajstić information content (AvgIpc) is 2.76. The van der Waals surface area contributed by atoms with Gasteiger partial charge in [0, 0.05) is 5.39 Å². The largest absolute Gasteiger partial charge is 0.493 e. The number of benzene rings is 2. The number of H-pyrrole nitrogens is 1. The fourth-order valence-corrected chi connectivity index (χ4v) is 2.39. The lowest BCUT2D eigenvalue weighted by Crippen LogP contribution is -1.71. The molecule has 3 aromatic rings. The van der Waals surface area contributed by atoms with Gasteiger partial charge >= 0.3 is 0 Å². The summed E-state index contributed by atoms with van der Waals surface area (Å²) in [6.07, 6.45) is 0. The maximum atomic E-state index is 9.96. The molecule has 0 aliphatic heterocycles. The van der Waals surface area contributed by atoms with Crippen LogP contribution in [0.15, 0.2) is 46.6 Å². The second-order valence-electron chi connectivity index (χ2n) is 4.64. The van der Waals surface area contributed by atoms with Crippen molar-refractivity contribution in [1.82, 2.24) is 4.98 Å². The zero-order chi connectivity index (χ0) is 15.0. The zero-order valence-electron chi connectivity index (χ0n) is 11.1. The average molecular weight is 320 g/mol. The summed E-state index contributed by atoms with van der Waals surface area (Å²) < 4.78 is 0. The number of aromatic hydroxyl groups is 1. The molecule has 0 bridgehead atoms. The summed E-state index contributed by atoms with van der Waals surface area (Å²) in [5.41, 5.74) is 2.69. The number of halogens is 2. The van der Waals surface area contributed by atoms with Gasteiger partial charge in [-0.2, -0.15) is 0 Å². The van der Waals surface area contributed by atoms with Crippen LogP contribution in [-0.2, 0) is 0 Å².